The molecule has 0 bridgehead atoms. The van der Waals surface area contributed by atoms with Crippen LogP contribution >= 0.6 is 22.6 Å². The SMILES string of the molecule is CCCc1nc(C(C)(CC)OCC)nc(N)c1I. The molecule has 0 aliphatic rings. The van der Waals surface area contributed by atoms with Crippen molar-refractivity contribution in [2.24, 2.45) is 0 Å². The summed E-state index contributed by atoms with van der Waals surface area (Å²) >= 11 is 2.22. The van der Waals surface area contributed by atoms with Crippen LogP contribution in [0.3, 0.4) is 0 Å². The monoisotopic (exact) mass is 363 g/mol. The van der Waals surface area contributed by atoms with Crippen molar-refractivity contribution < 1.29 is 4.74 Å². The van der Waals surface area contributed by atoms with Gasteiger partial charge in [0.25, 0.3) is 0 Å². The number of anilines is 1. The minimum atomic E-state index is -0.449. The summed E-state index contributed by atoms with van der Waals surface area (Å²) in [6.07, 6.45) is 2.79. The lowest BCUT2D eigenvalue weighted by atomic mass is 10.0. The number of nitrogens with zero attached hydrogens (tertiary/aromatic N) is 2. The Labute approximate surface area is 123 Å². The van der Waals surface area contributed by atoms with Crippen molar-refractivity contribution in [3.8, 4) is 0 Å². The number of hydrogen-bond donors (Lipinski definition) is 1. The highest BCUT2D eigenvalue weighted by Gasteiger charge is 2.29. The highest BCUT2D eigenvalue weighted by atomic mass is 127. The van der Waals surface area contributed by atoms with Gasteiger partial charge in [0.1, 0.15) is 11.4 Å². The molecule has 1 heterocycles. The Morgan fingerprint density at radius 3 is 2.44 bits per heavy atom. The van der Waals surface area contributed by atoms with E-state index in [1.165, 1.54) is 0 Å². The van der Waals surface area contributed by atoms with Crippen molar-refractivity contribution in [2.75, 3.05) is 12.3 Å². The normalized spacial score (nSPS) is 14.5. The van der Waals surface area contributed by atoms with Gasteiger partial charge in [-0.05, 0) is 49.3 Å². The second-order valence-electron chi connectivity index (χ2n) is 4.46. The molecule has 102 valence electrons. The fourth-order valence-electron chi connectivity index (χ4n) is 1.80. The van der Waals surface area contributed by atoms with Gasteiger partial charge in [-0.1, -0.05) is 20.3 Å². The minimum absolute atomic E-state index is 0.449. The Bertz CT molecular complexity index is 411. The van der Waals surface area contributed by atoms with Crippen LogP contribution in [-0.2, 0) is 16.8 Å². The third kappa shape index (κ3) is 3.32. The number of halogens is 1. The van der Waals surface area contributed by atoms with Crippen LogP contribution in [-0.4, -0.2) is 16.6 Å². The van der Waals surface area contributed by atoms with Gasteiger partial charge in [-0.2, -0.15) is 0 Å². The molecule has 1 rings (SSSR count). The number of rotatable bonds is 6. The minimum Gasteiger partial charge on any atom is -0.383 e. The Kier molecular flexibility index (Phi) is 5.78. The van der Waals surface area contributed by atoms with E-state index in [-0.39, 0.29) is 0 Å². The lowest BCUT2D eigenvalue weighted by Gasteiger charge is -2.27. The summed E-state index contributed by atoms with van der Waals surface area (Å²) < 4.78 is 6.78. The topological polar surface area (TPSA) is 61.0 Å². The van der Waals surface area contributed by atoms with E-state index < -0.39 is 5.60 Å². The number of ether oxygens (including phenoxy) is 1. The Balaban J connectivity index is 3.23. The van der Waals surface area contributed by atoms with Crippen molar-refractivity contribution >= 4 is 28.4 Å². The van der Waals surface area contributed by atoms with Gasteiger partial charge in [0, 0.05) is 6.61 Å². The smallest absolute Gasteiger partial charge is 0.162 e. The molecule has 0 amide bonds. The molecule has 1 aromatic rings. The van der Waals surface area contributed by atoms with Gasteiger partial charge in [-0.15, -0.1) is 0 Å². The summed E-state index contributed by atoms with van der Waals surface area (Å²) in [6, 6.07) is 0. The van der Waals surface area contributed by atoms with Gasteiger partial charge in [0.2, 0.25) is 0 Å². The second kappa shape index (κ2) is 6.65. The Morgan fingerprint density at radius 2 is 1.94 bits per heavy atom. The summed E-state index contributed by atoms with van der Waals surface area (Å²) in [7, 11) is 0. The van der Waals surface area contributed by atoms with Gasteiger partial charge in [0.05, 0.1) is 9.26 Å². The van der Waals surface area contributed by atoms with Gasteiger partial charge in [-0.3, -0.25) is 0 Å². The van der Waals surface area contributed by atoms with Crippen LogP contribution < -0.4 is 5.73 Å². The molecule has 1 aromatic heterocycles. The molecular formula is C13H22IN3O. The molecule has 0 radical (unpaired) electrons. The average Bonchev–Trinajstić information content (AvgIpc) is 2.35. The summed E-state index contributed by atoms with van der Waals surface area (Å²) in [5.74, 6) is 1.26. The molecule has 2 N–H and O–H groups in total. The lowest BCUT2D eigenvalue weighted by Crippen LogP contribution is -2.29. The average molecular weight is 363 g/mol. The van der Waals surface area contributed by atoms with E-state index in [0.29, 0.717) is 18.2 Å². The van der Waals surface area contributed by atoms with E-state index in [1.807, 2.05) is 13.8 Å². The highest BCUT2D eigenvalue weighted by molar-refractivity contribution is 14.1. The standard InChI is InChI=1S/C13H22IN3O/c1-5-8-9-10(14)11(15)17-12(16-9)13(4,6-2)18-7-3/h5-8H2,1-4H3,(H2,15,16,17). The number of nitrogens with two attached hydrogens (primary N) is 1. The van der Waals surface area contributed by atoms with E-state index in [4.69, 9.17) is 10.5 Å². The maximum atomic E-state index is 5.99. The van der Waals surface area contributed by atoms with Crippen LogP contribution in [0.2, 0.25) is 0 Å². The molecule has 0 saturated heterocycles. The van der Waals surface area contributed by atoms with Crippen LogP contribution in [0.1, 0.15) is 52.1 Å². The van der Waals surface area contributed by atoms with Crippen molar-refractivity contribution in [1.29, 1.82) is 0 Å². The van der Waals surface area contributed by atoms with Crippen LogP contribution in [0, 0.1) is 3.57 Å². The molecule has 0 aromatic carbocycles. The van der Waals surface area contributed by atoms with Crippen molar-refractivity contribution in [3.63, 3.8) is 0 Å². The van der Waals surface area contributed by atoms with Crippen LogP contribution in [0.4, 0.5) is 5.82 Å². The second-order valence-corrected chi connectivity index (χ2v) is 5.54. The number of aromatic nitrogens is 2. The third-order valence-corrected chi connectivity index (χ3v) is 4.22. The molecule has 0 spiro atoms. The van der Waals surface area contributed by atoms with Crippen LogP contribution in [0.5, 0.6) is 0 Å². The summed E-state index contributed by atoms with van der Waals surface area (Å²) in [5.41, 5.74) is 6.56. The molecule has 0 aliphatic heterocycles. The molecule has 0 aliphatic carbocycles. The molecule has 4 nitrogen and oxygen atoms in total. The molecule has 1 unspecified atom stereocenters. The first-order chi connectivity index (χ1) is 8.48. The maximum absolute atomic E-state index is 5.99. The van der Waals surface area contributed by atoms with E-state index >= 15 is 0 Å². The Morgan fingerprint density at radius 1 is 1.28 bits per heavy atom. The summed E-state index contributed by atoms with van der Waals surface area (Å²) in [5, 5.41) is 0. The van der Waals surface area contributed by atoms with Crippen molar-refractivity contribution in [3.05, 3.63) is 15.1 Å². The zero-order chi connectivity index (χ0) is 13.8. The Hall–Kier alpha value is -0.430. The first-order valence-electron chi connectivity index (χ1n) is 6.44. The fraction of sp³-hybridized carbons (Fsp3) is 0.692. The zero-order valence-corrected chi connectivity index (χ0v) is 13.7. The van der Waals surface area contributed by atoms with E-state index in [1.54, 1.807) is 0 Å². The number of nitrogen functional groups attached to an aromatic ring is 1. The first-order valence-corrected chi connectivity index (χ1v) is 7.52. The van der Waals surface area contributed by atoms with Gasteiger partial charge >= 0.3 is 0 Å². The molecular weight excluding hydrogens is 341 g/mol. The zero-order valence-electron chi connectivity index (χ0n) is 11.6. The number of aryl methyl sites for hydroxylation is 1. The van der Waals surface area contributed by atoms with Crippen molar-refractivity contribution in [2.45, 2.75) is 52.6 Å². The van der Waals surface area contributed by atoms with E-state index in [0.717, 1.165) is 28.5 Å². The van der Waals surface area contributed by atoms with Crippen LogP contribution in [0.25, 0.3) is 0 Å². The number of hydrogen-bond acceptors (Lipinski definition) is 4. The predicted octanol–water partition coefficient (Wildman–Crippen LogP) is 3.28. The van der Waals surface area contributed by atoms with Crippen molar-refractivity contribution in [1.82, 2.24) is 9.97 Å². The fourth-order valence-corrected chi connectivity index (χ4v) is 2.31. The lowest BCUT2D eigenvalue weighted by molar-refractivity contribution is -0.0391. The maximum Gasteiger partial charge on any atom is 0.162 e. The van der Waals surface area contributed by atoms with Gasteiger partial charge in [-0.25, -0.2) is 9.97 Å². The van der Waals surface area contributed by atoms with Gasteiger partial charge in [0.15, 0.2) is 5.82 Å². The largest absolute Gasteiger partial charge is 0.383 e. The molecule has 0 saturated carbocycles. The predicted molar refractivity (Wildman–Crippen MR) is 82.4 cm³/mol. The van der Waals surface area contributed by atoms with Crippen LogP contribution in [0.15, 0.2) is 0 Å². The molecule has 1 atom stereocenters. The quantitative estimate of drug-likeness (QED) is 0.788. The highest BCUT2D eigenvalue weighted by Crippen LogP contribution is 2.29. The summed E-state index contributed by atoms with van der Waals surface area (Å²) in [4.78, 5) is 9.07. The summed E-state index contributed by atoms with van der Waals surface area (Å²) in [6.45, 7) is 8.86. The molecule has 0 fully saturated rings. The van der Waals surface area contributed by atoms with E-state index in [9.17, 15) is 0 Å². The third-order valence-electron chi connectivity index (χ3n) is 3.04. The molecule has 18 heavy (non-hydrogen) atoms. The first kappa shape index (κ1) is 15.6. The van der Waals surface area contributed by atoms with E-state index in [2.05, 4.69) is 46.4 Å². The van der Waals surface area contributed by atoms with Gasteiger partial charge < -0.3 is 10.5 Å². The molecule has 5 heteroatoms.